The Morgan fingerprint density at radius 1 is 1.17 bits per heavy atom. The highest BCUT2D eigenvalue weighted by molar-refractivity contribution is 5.15. The molecule has 18 heavy (non-hydrogen) atoms. The van der Waals surface area contributed by atoms with Crippen LogP contribution < -0.4 is 0 Å². The summed E-state index contributed by atoms with van der Waals surface area (Å²) in [4.78, 5) is 2.70. The van der Waals surface area contributed by atoms with E-state index in [9.17, 15) is 0 Å². The van der Waals surface area contributed by atoms with Gasteiger partial charge in [0.15, 0.2) is 0 Å². The summed E-state index contributed by atoms with van der Waals surface area (Å²) in [5.74, 6) is 0.808. The van der Waals surface area contributed by atoms with Gasteiger partial charge in [0, 0.05) is 12.6 Å². The molecule has 0 radical (unpaired) electrons. The maximum Gasteiger partial charge on any atom is 0.0237 e. The predicted octanol–water partition coefficient (Wildman–Crippen LogP) is 4.33. The normalized spacial score (nSPS) is 26.2. The topological polar surface area (TPSA) is 3.24 Å². The van der Waals surface area contributed by atoms with Crippen molar-refractivity contribution >= 4 is 0 Å². The van der Waals surface area contributed by atoms with Crippen LogP contribution in [0.1, 0.15) is 46.1 Å². The molecule has 0 aliphatic carbocycles. The number of likely N-dealkylation sites (tertiary alicyclic amines) is 1. The summed E-state index contributed by atoms with van der Waals surface area (Å²) in [5, 5.41) is 0. The molecule has 0 unspecified atom stereocenters. The van der Waals surface area contributed by atoms with Gasteiger partial charge in [0.1, 0.15) is 0 Å². The summed E-state index contributed by atoms with van der Waals surface area (Å²) < 4.78 is 0. The molecule has 1 aliphatic rings. The molecule has 2 rings (SSSR count). The van der Waals surface area contributed by atoms with E-state index >= 15 is 0 Å². The molecular formula is C17H27N. The maximum atomic E-state index is 2.70. The lowest BCUT2D eigenvalue weighted by Gasteiger charge is -2.47. The highest BCUT2D eigenvalue weighted by atomic mass is 15.2. The van der Waals surface area contributed by atoms with Gasteiger partial charge >= 0.3 is 0 Å². The zero-order valence-electron chi connectivity index (χ0n) is 12.3. The molecule has 1 aromatic rings. The van der Waals surface area contributed by atoms with Crippen LogP contribution >= 0.6 is 0 Å². The van der Waals surface area contributed by atoms with E-state index in [2.05, 4.69) is 62.9 Å². The molecule has 0 spiro atoms. The fourth-order valence-electron chi connectivity index (χ4n) is 3.67. The monoisotopic (exact) mass is 245 g/mol. The molecule has 0 bridgehead atoms. The number of nitrogens with zero attached hydrogens (tertiary/aromatic N) is 1. The number of piperidine rings is 1. The average molecular weight is 245 g/mol. The third-order valence-electron chi connectivity index (χ3n) is 4.15. The van der Waals surface area contributed by atoms with Gasteiger partial charge in [0.05, 0.1) is 0 Å². The SMILES string of the molecule is C[C@@H]1CCCN(Cc2ccccc2)[C@@H]1C(C)(C)C. The van der Waals surface area contributed by atoms with Gasteiger partial charge in [-0.05, 0) is 36.3 Å². The highest BCUT2D eigenvalue weighted by Crippen LogP contribution is 2.36. The van der Waals surface area contributed by atoms with Crippen LogP contribution in [0.5, 0.6) is 0 Å². The molecule has 2 atom stereocenters. The fraction of sp³-hybridized carbons (Fsp3) is 0.647. The molecule has 0 saturated carbocycles. The summed E-state index contributed by atoms with van der Waals surface area (Å²) >= 11 is 0. The van der Waals surface area contributed by atoms with E-state index in [0.717, 1.165) is 12.5 Å². The molecule has 1 saturated heterocycles. The Kier molecular flexibility index (Phi) is 4.11. The molecule has 0 amide bonds. The largest absolute Gasteiger partial charge is 0.295 e. The first-order valence-electron chi connectivity index (χ1n) is 7.26. The van der Waals surface area contributed by atoms with Gasteiger partial charge in [0.2, 0.25) is 0 Å². The van der Waals surface area contributed by atoms with Crippen molar-refractivity contribution in [2.75, 3.05) is 6.54 Å². The molecule has 0 aromatic heterocycles. The first-order valence-corrected chi connectivity index (χ1v) is 7.26. The summed E-state index contributed by atoms with van der Waals surface area (Å²) in [6.45, 7) is 11.9. The number of hydrogen-bond acceptors (Lipinski definition) is 1. The fourth-order valence-corrected chi connectivity index (χ4v) is 3.67. The van der Waals surface area contributed by atoms with Crippen molar-refractivity contribution in [3.63, 3.8) is 0 Å². The average Bonchev–Trinajstić information content (AvgIpc) is 2.28. The molecule has 1 heterocycles. The molecule has 1 heteroatoms. The van der Waals surface area contributed by atoms with Crippen molar-refractivity contribution in [2.24, 2.45) is 11.3 Å². The summed E-state index contributed by atoms with van der Waals surface area (Å²) in [5.41, 5.74) is 1.81. The van der Waals surface area contributed by atoms with Crippen molar-refractivity contribution in [1.82, 2.24) is 4.90 Å². The van der Waals surface area contributed by atoms with E-state index in [1.54, 1.807) is 0 Å². The minimum Gasteiger partial charge on any atom is -0.295 e. The third-order valence-corrected chi connectivity index (χ3v) is 4.15. The summed E-state index contributed by atoms with van der Waals surface area (Å²) in [6.07, 6.45) is 2.73. The molecule has 100 valence electrons. The minimum atomic E-state index is 0.370. The molecule has 1 fully saturated rings. The quantitative estimate of drug-likeness (QED) is 0.749. The van der Waals surface area contributed by atoms with Crippen molar-refractivity contribution in [3.05, 3.63) is 35.9 Å². The van der Waals surface area contributed by atoms with E-state index < -0.39 is 0 Å². The Morgan fingerprint density at radius 2 is 1.83 bits per heavy atom. The van der Waals surface area contributed by atoms with Crippen LogP contribution in [-0.4, -0.2) is 17.5 Å². The van der Waals surface area contributed by atoms with Crippen LogP contribution in [0.25, 0.3) is 0 Å². The van der Waals surface area contributed by atoms with Crippen molar-refractivity contribution in [2.45, 2.75) is 53.1 Å². The maximum absolute atomic E-state index is 2.70. The van der Waals surface area contributed by atoms with Crippen molar-refractivity contribution in [1.29, 1.82) is 0 Å². The van der Waals surface area contributed by atoms with Gasteiger partial charge in [-0.1, -0.05) is 58.0 Å². The zero-order chi connectivity index (χ0) is 13.2. The van der Waals surface area contributed by atoms with Gasteiger partial charge in [0.25, 0.3) is 0 Å². The van der Waals surface area contributed by atoms with Crippen LogP contribution in [0, 0.1) is 11.3 Å². The predicted molar refractivity (Wildman–Crippen MR) is 78.5 cm³/mol. The summed E-state index contributed by atoms with van der Waals surface area (Å²) in [7, 11) is 0. The Bertz CT molecular complexity index is 363. The summed E-state index contributed by atoms with van der Waals surface area (Å²) in [6, 6.07) is 11.6. The second kappa shape index (κ2) is 5.44. The van der Waals surface area contributed by atoms with E-state index in [-0.39, 0.29) is 0 Å². The Hall–Kier alpha value is -0.820. The second-order valence-corrected chi connectivity index (χ2v) is 6.89. The Labute approximate surface area is 112 Å². The van der Waals surface area contributed by atoms with Gasteiger partial charge in [-0.2, -0.15) is 0 Å². The van der Waals surface area contributed by atoms with Crippen LogP contribution in [-0.2, 0) is 6.54 Å². The highest BCUT2D eigenvalue weighted by Gasteiger charge is 2.36. The number of rotatable bonds is 2. The van der Waals surface area contributed by atoms with Crippen molar-refractivity contribution in [3.8, 4) is 0 Å². The van der Waals surface area contributed by atoms with Crippen LogP contribution in [0.2, 0.25) is 0 Å². The zero-order valence-corrected chi connectivity index (χ0v) is 12.3. The van der Waals surface area contributed by atoms with Crippen LogP contribution in [0.15, 0.2) is 30.3 Å². The van der Waals surface area contributed by atoms with Gasteiger partial charge in [-0.15, -0.1) is 0 Å². The molecule has 1 aliphatic heterocycles. The van der Waals surface area contributed by atoms with E-state index in [1.807, 2.05) is 0 Å². The van der Waals surface area contributed by atoms with Crippen molar-refractivity contribution < 1.29 is 0 Å². The molecule has 0 N–H and O–H groups in total. The van der Waals surface area contributed by atoms with Gasteiger partial charge < -0.3 is 0 Å². The molecule has 1 nitrogen and oxygen atoms in total. The first kappa shape index (κ1) is 13.6. The van der Waals surface area contributed by atoms with Crippen LogP contribution in [0.4, 0.5) is 0 Å². The lowest BCUT2D eigenvalue weighted by atomic mass is 9.75. The second-order valence-electron chi connectivity index (χ2n) is 6.89. The van der Waals surface area contributed by atoms with Gasteiger partial charge in [-0.25, -0.2) is 0 Å². The number of benzene rings is 1. The molecule has 1 aromatic carbocycles. The third kappa shape index (κ3) is 3.14. The van der Waals surface area contributed by atoms with Gasteiger partial charge in [-0.3, -0.25) is 4.90 Å². The standard InChI is InChI=1S/C17H27N/c1-14-9-8-12-18(16(14)17(2,3)4)13-15-10-6-5-7-11-15/h5-7,10-11,14,16H,8-9,12-13H2,1-4H3/t14-,16+/m1/s1. The van der Waals surface area contributed by atoms with E-state index in [4.69, 9.17) is 0 Å². The Balaban J connectivity index is 2.14. The first-order chi connectivity index (χ1) is 8.48. The Morgan fingerprint density at radius 3 is 2.44 bits per heavy atom. The van der Waals surface area contributed by atoms with Crippen LogP contribution in [0.3, 0.4) is 0 Å². The lowest BCUT2D eigenvalue weighted by molar-refractivity contribution is 0.0181. The van der Waals surface area contributed by atoms with E-state index in [0.29, 0.717) is 11.5 Å². The molecular weight excluding hydrogens is 218 g/mol. The smallest absolute Gasteiger partial charge is 0.0237 e. The van der Waals surface area contributed by atoms with E-state index in [1.165, 1.54) is 24.9 Å². The minimum absolute atomic E-state index is 0.370. The lowest BCUT2D eigenvalue weighted by Crippen LogP contribution is -2.50. The number of hydrogen-bond donors (Lipinski definition) is 0.